The number of nitrogens with zero attached hydrogens (tertiary/aromatic N) is 2. The largest absolute Gasteiger partial charge is 0.478 e. The number of hydrogen-bond donors (Lipinski definition) is 1. The van der Waals surface area contributed by atoms with E-state index in [0.29, 0.717) is 0 Å². The van der Waals surface area contributed by atoms with Crippen molar-refractivity contribution in [2.24, 2.45) is 0 Å². The summed E-state index contributed by atoms with van der Waals surface area (Å²) in [6.07, 6.45) is 0. The third-order valence-electron chi connectivity index (χ3n) is 2.87. The van der Waals surface area contributed by atoms with Crippen LogP contribution >= 0.6 is 11.6 Å². The Morgan fingerprint density at radius 2 is 2.19 bits per heavy atom. The third-order valence-corrected chi connectivity index (χ3v) is 3.13. The second-order valence-electron chi connectivity index (χ2n) is 4.12. The molecule has 0 bridgehead atoms. The summed E-state index contributed by atoms with van der Waals surface area (Å²) in [6.45, 7) is 1.51. The van der Waals surface area contributed by atoms with Crippen LogP contribution in [0.5, 0.6) is 0 Å². The number of alkyl halides is 1. The van der Waals surface area contributed by atoms with Crippen molar-refractivity contribution in [2.45, 2.75) is 12.8 Å². The average molecular weight is 313 g/mol. The molecule has 0 aliphatic rings. The van der Waals surface area contributed by atoms with Crippen molar-refractivity contribution in [3.8, 4) is 5.69 Å². The number of benzene rings is 1. The van der Waals surface area contributed by atoms with Gasteiger partial charge in [-0.1, -0.05) is 0 Å². The van der Waals surface area contributed by atoms with E-state index in [0.717, 1.165) is 22.9 Å². The number of aryl methyl sites for hydroxylation is 1. The van der Waals surface area contributed by atoms with Crippen LogP contribution in [-0.2, 0) is 5.88 Å². The maximum absolute atomic E-state index is 12.1. The van der Waals surface area contributed by atoms with Crippen molar-refractivity contribution >= 4 is 23.3 Å². The molecule has 2 aromatic rings. The molecule has 1 heterocycles. The lowest BCUT2D eigenvalue weighted by Gasteiger charge is -2.03. The lowest BCUT2D eigenvalue weighted by molar-refractivity contribution is -0.384. The first-order chi connectivity index (χ1) is 9.86. The maximum Gasteiger partial charge on any atom is 0.335 e. The molecule has 0 radical (unpaired) electrons. The van der Waals surface area contributed by atoms with E-state index < -0.39 is 22.1 Å². The lowest BCUT2D eigenvalue weighted by Crippen LogP contribution is -2.16. The molecule has 1 aromatic carbocycles. The molecule has 0 aliphatic heterocycles. The van der Waals surface area contributed by atoms with Crippen molar-refractivity contribution in [3.63, 3.8) is 0 Å². The van der Waals surface area contributed by atoms with E-state index in [1.807, 2.05) is 0 Å². The van der Waals surface area contributed by atoms with Crippen LogP contribution in [0, 0.1) is 17.0 Å². The highest BCUT2D eigenvalue weighted by molar-refractivity contribution is 6.17. The summed E-state index contributed by atoms with van der Waals surface area (Å²) in [5.41, 5.74) is -1.40. The first-order valence-corrected chi connectivity index (χ1v) is 6.20. The molecule has 0 saturated heterocycles. The van der Waals surface area contributed by atoms with Crippen LogP contribution in [-0.4, -0.2) is 20.7 Å². The summed E-state index contributed by atoms with van der Waals surface area (Å²) in [5, 5.41) is 19.9. The first kappa shape index (κ1) is 14.8. The van der Waals surface area contributed by atoms with Crippen molar-refractivity contribution in [1.82, 2.24) is 4.74 Å². The lowest BCUT2D eigenvalue weighted by atomic mass is 10.1. The summed E-state index contributed by atoms with van der Waals surface area (Å²) in [7, 11) is 0. The van der Waals surface area contributed by atoms with Gasteiger partial charge in [-0.25, -0.2) is 4.79 Å². The minimum atomic E-state index is -1.31. The van der Waals surface area contributed by atoms with Crippen LogP contribution in [0.2, 0.25) is 0 Å². The van der Waals surface area contributed by atoms with Crippen molar-refractivity contribution in [1.29, 1.82) is 0 Å². The smallest absolute Gasteiger partial charge is 0.335 e. The van der Waals surface area contributed by atoms with Crippen LogP contribution in [0.3, 0.4) is 0 Å². The van der Waals surface area contributed by atoms with Gasteiger partial charge in [0.25, 0.3) is 11.2 Å². The fraction of sp³-hybridized carbons (Fsp3) is 0.167. The highest BCUT2D eigenvalue weighted by Crippen LogP contribution is 2.24. The Morgan fingerprint density at radius 3 is 2.67 bits per heavy atom. The predicted octanol–water partition coefficient (Wildman–Crippen LogP) is 2.08. The van der Waals surface area contributed by atoms with Crippen molar-refractivity contribution in [2.75, 3.05) is 0 Å². The summed E-state index contributed by atoms with van der Waals surface area (Å²) in [5.74, 6) is -1.16. The zero-order valence-corrected chi connectivity index (χ0v) is 11.5. The Morgan fingerprint density at radius 1 is 1.52 bits per heavy atom. The highest BCUT2D eigenvalue weighted by atomic mass is 35.5. The zero-order valence-electron chi connectivity index (χ0n) is 10.7. The predicted molar refractivity (Wildman–Crippen MR) is 72.2 cm³/mol. The molecule has 0 atom stereocenters. The van der Waals surface area contributed by atoms with E-state index in [2.05, 4.69) is 0 Å². The molecule has 0 amide bonds. The number of aromatic nitrogens is 1. The Balaban J connectivity index is 2.72. The number of carboxylic acids is 1. The third kappa shape index (κ3) is 2.52. The molecule has 0 unspecified atom stereocenters. The van der Waals surface area contributed by atoms with Gasteiger partial charge < -0.3 is 9.63 Å². The average Bonchev–Trinajstić information content (AvgIpc) is 2.72. The molecular formula is C12H9ClN2O6. The number of halogens is 1. The van der Waals surface area contributed by atoms with Gasteiger partial charge in [0.15, 0.2) is 5.69 Å². The second-order valence-corrected chi connectivity index (χ2v) is 4.39. The normalized spacial score (nSPS) is 10.6. The number of carbonyl (C=O) groups is 1. The zero-order chi connectivity index (χ0) is 15.7. The number of hydrogen-bond acceptors (Lipinski definition) is 5. The van der Waals surface area contributed by atoms with Crippen molar-refractivity contribution in [3.05, 3.63) is 55.6 Å². The topological polar surface area (TPSA) is 116 Å². The van der Waals surface area contributed by atoms with Crippen LogP contribution in [0.4, 0.5) is 5.69 Å². The van der Waals surface area contributed by atoms with Crippen LogP contribution in [0.15, 0.2) is 27.5 Å². The van der Waals surface area contributed by atoms with Gasteiger partial charge in [0, 0.05) is 6.07 Å². The van der Waals surface area contributed by atoms with Crippen LogP contribution in [0.25, 0.3) is 5.69 Å². The van der Waals surface area contributed by atoms with E-state index in [1.165, 1.54) is 6.92 Å². The minimum absolute atomic E-state index is 0.0951. The van der Waals surface area contributed by atoms with Gasteiger partial charge in [-0.3, -0.25) is 14.9 Å². The van der Waals surface area contributed by atoms with Crippen molar-refractivity contribution < 1.29 is 19.3 Å². The minimum Gasteiger partial charge on any atom is -0.478 e. The molecule has 1 aromatic heterocycles. The van der Waals surface area contributed by atoms with E-state index in [-0.39, 0.29) is 28.5 Å². The SMILES string of the molecule is Cc1on(-c2ccc(C(=O)O)cc2[N+](=O)[O-])c(=O)c1CCl. The van der Waals surface area contributed by atoms with Gasteiger partial charge in [-0.15, -0.1) is 16.3 Å². The van der Waals surface area contributed by atoms with Crippen LogP contribution in [0.1, 0.15) is 21.7 Å². The molecule has 8 nitrogen and oxygen atoms in total. The quantitative estimate of drug-likeness (QED) is 0.525. The number of rotatable bonds is 4. The molecule has 2 rings (SSSR count). The maximum atomic E-state index is 12.1. The van der Waals surface area contributed by atoms with Gasteiger partial charge in [0.05, 0.1) is 21.9 Å². The molecule has 0 spiro atoms. The molecule has 110 valence electrons. The molecular weight excluding hydrogens is 304 g/mol. The molecule has 0 fully saturated rings. The Labute approximate surface area is 122 Å². The number of nitro benzene ring substituents is 1. The number of nitro groups is 1. The standard InChI is InChI=1S/C12H9ClN2O6/c1-6-8(5-13)11(16)14(21-6)9-3-2-7(12(17)18)4-10(9)15(19)20/h2-4H,5H2,1H3,(H,17,18). The molecule has 0 aliphatic carbocycles. The van der Waals surface area contributed by atoms with Gasteiger partial charge >= 0.3 is 5.97 Å². The summed E-state index contributed by atoms with van der Waals surface area (Å²) in [4.78, 5) is 33.2. The monoisotopic (exact) mass is 312 g/mol. The van der Waals surface area contributed by atoms with Gasteiger partial charge in [0.1, 0.15) is 5.76 Å². The Hall–Kier alpha value is -2.61. The van der Waals surface area contributed by atoms with Gasteiger partial charge in [-0.05, 0) is 19.1 Å². The molecule has 21 heavy (non-hydrogen) atoms. The van der Waals surface area contributed by atoms with E-state index in [9.17, 15) is 19.7 Å². The highest BCUT2D eigenvalue weighted by Gasteiger charge is 2.23. The fourth-order valence-corrected chi connectivity index (χ4v) is 2.09. The van der Waals surface area contributed by atoms with Gasteiger partial charge in [-0.2, -0.15) is 0 Å². The first-order valence-electron chi connectivity index (χ1n) is 5.66. The summed E-state index contributed by atoms with van der Waals surface area (Å²) >= 11 is 5.62. The molecule has 0 saturated carbocycles. The Kier molecular flexibility index (Phi) is 3.81. The summed E-state index contributed by atoms with van der Waals surface area (Å²) in [6, 6.07) is 3.15. The second kappa shape index (κ2) is 5.41. The van der Waals surface area contributed by atoms with E-state index >= 15 is 0 Å². The van der Waals surface area contributed by atoms with Crippen LogP contribution < -0.4 is 5.56 Å². The number of carboxylic acid groups (broad SMARTS) is 1. The molecule has 1 N–H and O–H groups in total. The Bertz CT molecular complexity index is 792. The number of aromatic carboxylic acids is 1. The van der Waals surface area contributed by atoms with E-state index in [1.54, 1.807) is 0 Å². The fourth-order valence-electron chi connectivity index (χ4n) is 1.79. The van der Waals surface area contributed by atoms with Gasteiger partial charge in [0.2, 0.25) is 0 Å². The van der Waals surface area contributed by atoms with E-state index in [4.69, 9.17) is 21.2 Å². The summed E-state index contributed by atoms with van der Waals surface area (Å²) < 4.78 is 5.91. The molecule has 9 heteroatoms.